The molecule has 9 nitrogen and oxygen atoms in total. The van der Waals surface area contributed by atoms with E-state index in [-0.39, 0.29) is 53.9 Å². The van der Waals surface area contributed by atoms with E-state index in [1.165, 1.54) is 24.0 Å². The number of fused-ring (bicyclic) bond motifs is 1. The van der Waals surface area contributed by atoms with Gasteiger partial charge in [-0.15, -0.1) is 5.10 Å². The van der Waals surface area contributed by atoms with Gasteiger partial charge in [-0.1, -0.05) is 5.21 Å². The minimum absolute atomic E-state index is 0. The number of sulfone groups is 1. The first-order chi connectivity index (χ1) is 8.91. The summed E-state index contributed by atoms with van der Waals surface area (Å²) in [6.45, 7) is 1.42. The molecule has 3 atom stereocenters. The van der Waals surface area contributed by atoms with Gasteiger partial charge in [0.05, 0.1) is 23.9 Å². The molecule has 1 aromatic heterocycles. The molecule has 1 N–H and O–H groups in total. The number of hydrogen-bond donors (Lipinski definition) is 0. The third-order valence-electron chi connectivity index (χ3n) is 3.87. The first-order valence-corrected chi connectivity index (χ1v) is 7.23. The van der Waals surface area contributed by atoms with Crippen molar-refractivity contribution in [3.8, 4) is 0 Å². The number of aromatic nitrogens is 3. The van der Waals surface area contributed by atoms with Crippen LogP contribution in [0.1, 0.15) is 13.3 Å². The zero-order chi connectivity index (χ0) is 13.8. The first-order valence-electron chi connectivity index (χ1n) is 5.68. The monoisotopic (exact) mass is 323 g/mol. The van der Waals surface area contributed by atoms with Crippen LogP contribution in [0, 0.1) is 0 Å². The molecule has 3 rings (SSSR count). The van der Waals surface area contributed by atoms with E-state index >= 15 is 0 Å². The van der Waals surface area contributed by atoms with E-state index in [1.807, 2.05) is 0 Å². The summed E-state index contributed by atoms with van der Waals surface area (Å²) in [6, 6.07) is -1.09. The maximum atomic E-state index is 12.5. The molecule has 2 saturated heterocycles. The Hall–Kier alpha value is -0.810. The van der Waals surface area contributed by atoms with E-state index in [1.54, 1.807) is 6.29 Å². The molecule has 0 bridgehead atoms. The molecule has 110 valence electrons. The average Bonchev–Trinajstić information content (AvgIpc) is 2.87. The minimum atomic E-state index is -3.64. The van der Waals surface area contributed by atoms with Crippen molar-refractivity contribution in [3.63, 3.8) is 0 Å². The molecule has 1 aromatic rings. The van der Waals surface area contributed by atoms with Crippen LogP contribution in [0.25, 0.3) is 0 Å². The van der Waals surface area contributed by atoms with E-state index in [2.05, 4.69) is 10.3 Å². The summed E-state index contributed by atoms with van der Waals surface area (Å²) < 4.78 is 24.9. The zero-order valence-electron chi connectivity index (χ0n) is 11.5. The predicted octanol–water partition coefficient (Wildman–Crippen LogP) is -4.67. The fraction of sp³-hybridized carbons (Fsp3) is 0.600. The Morgan fingerprint density at radius 3 is 2.67 bits per heavy atom. The number of hydrogen-bond acceptors (Lipinski definition) is 7. The van der Waals surface area contributed by atoms with Crippen molar-refractivity contribution in [2.24, 2.45) is 0 Å². The van der Waals surface area contributed by atoms with Gasteiger partial charge in [0.2, 0.25) is 5.91 Å². The second-order valence-electron chi connectivity index (χ2n) is 4.94. The quantitative estimate of drug-likeness (QED) is 0.310. The fourth-order valence-electron chi connectivity index (χ4n) is 2.73. The fourth-order valence-corrected chi connectivity index (χ4v) is 5.03. The second-order valence-corrected chi connectivity index (χ2v) is 7.51. The van der Waals surface area contributed by atoms with Gasteiger partial charge in [-0.3, -0.25) is 9.48 Å². The number of nitrogens with zero attached hydrogens (tertiary/aromatic N) is 4. The Kier molecular flexibility index (Phi) is 5.01. The number of rotatable bonds is 3. The van der Waals surface area contributed by atoms with Gasteiger partial charge in [0.15, 0.2) is 9.84 Å². The van der Waals surface area contributed by atoms with Crippen LogP contribution >= 0.6 is 0 Å². The number of β-lactam (4-membered cyclic amide) rings is 1. The van der Waals surface area contributed by atoms with Crippen LogP contribution in [0.3, 0.4) is 0 Å². The molecule has 0 saturated carbocycles. The summed E-state index contributed by atoms with van der Waals surface area (Å²) in [5.41, 5.74) is 0. The van der Waals surface area contributed by atoms with Crippen molar-refractivity contribution in [2.45, 2.75) is 36.1 Å². The van der Waals surface area contributed by atoms with Crippen molar-refractivity contribution in [2.75, 3.05) is 0 Å². The van der Waals surface area contributed by atoms with Crippen LogP contribution < -0.4 is 29.6 Å². The van der Waals surface area contributed by atoms with Crippen molar-refractivity contribution < 1.29 is 53.0 Å². The Balaban J connectivity index is 0.00000110. The third-order valence-corrected chi connectivity index (χ3v) is 6.63. The van der Waals surface area contributed by atoms with Crippen LogP contribution in [-0.2, 0) is 26.0 Å². The summed E-state index contributed by atoms with van der Waals surface area (Å²) in [5.74, 6) is -0.329. The van der Waals surface area contributed by atoms with Gasteiger partial charge in [0.25, 0.3) is 0 Å². The first kappa shape index (κ1) is 18.2. The van der Waals surface area contributed by atoms with Crippen LogP contribution in [-0.4, -0.2) is 62.1 Å². The van der Waals surface area contributed by atoms with Crippen LogP contribution in [0.4, 0.5) is 0 Å². The average molecular weight is 323 g/mol. The second kappa shape index (κ2) is 5.76. The maximum absolute atomic E-state index is 12.5. The maximum Gasteiger partial charge on any atom is 1.00 e. The van der Waals surface area contributed by atoms with Gasteiger partial charge in [-0.2, -0.15) is 0 Å². The van der Waals surface area contributed by atoms with Gasteiger partial charge >= 0.3 is 29.6 Å². The molecule has 2 fully saturated rings. The summed E-state index contributed by atoms with van der Waals surface area (Å²) >= 11 is 0. The van der Waals surface area contributed by atoms with Crippen LogP contribution in [0.5, 0.6) is 0 Å². The molecular formula is C10H12N4NaO5S-. The van der Waals surface area contributed by atoms with Crippen LogP contribution in [0.15, 0.2) is 12.4 Å². The molecule has 11 heteroatoms. The number of carbonyl (C=O) groups excluding carboxylic acids is 2. The van der Waals surface area contributed by atoms with Gasteiger partial charge in [0, 0.05) is 6.20 Å². The molecule has 2 aliphatic rings. The van der Waals surface area contributed by atoms with E-state index < -0.39 is 26.0 Å². The van der Waals surface area contributed by atoms with E-state index in [4.69, 9.17) is 0 Å². The smallest absolute Gasteiger partial charge is 0.870 e. The van der Waals surface area contributed by atoms with Crippen molar-refractivity contribution in [1.29, 1.82) is 0 Å². The van der Waals surface area contributed by atoms with Crippen molar-refractivity contribution in [1.82, 2.24) is 19.9 Å². The SMILES string of the molecule is C[C@]1(Cn2ccnn2)[C@H]([C-]=O)N2C(=O)C[C@H]2S1(=O)=O.[Na+].[OH-]. The van der Waals surface area contributed by atoms with E-state index in [0.717, 1.165) is 4.90 Å². The van der Waals surface area contributed by atoms with E-state index in [9.17, 15) is 18.0 Å². The molecule has 1 amide bonds. The summed E-state index contributed by atoms with van der Waals surface area (Å²) in [7, 11) is -3.64. The van der Waals surface area contributed by atoms with Gasteiger partial charge in [-0.05, 0) is 13.0 Å². The zero-order valence-corrected chi connectivity index (χ0v) is 14.3. The Labute approximate surface area is 143 Å². The Morgan fingerprint density at radius 2 is 2.19 bits per heavy atom. The predicted molar refractivity (Wildman–Crippen MR) is 64.0 cm³/mol. The normalized spacial score (nSPS) is 32.4. The van der Waals surface area contributed by atoms with Crippen molar-refractivity contribution >= 4 is 22.0 Å². The van der Waals surface area contributed by atoms with Crippen LogP contribution in [0.2, 0.25) is 0 Å². The number of amides is 1. The minimum Gasteiger partial charge on any atom is -0.870 e. The molecule has 21 heavy (non-hydrogen) atoms. The molecule has 0 aliphatic carbocycles. The largest absolute Gasteiger partial charge is 1.00 e. The molecular weight excluding hydrogens is 311 g/mol. The topological polar surface area (TPSA) is 132 Å². The molecule has 0 spiro atoms. The molecule has 3 heterocycles. The molecule has 0 unspecified atom stereocenters. The summed E-state index contributed by atoms with van der Waals surface area (Å²) in [6.07, 6.45) is 4.57. The Bertz CT molecular complexity index is 648. The van der Waals surface area contributed by atoms with Gasteiger partial charge in [-0.25, -0.2) is 14.7 Å². The Morgan fingerprint density at radius 1 is 1.52 bits per heavy atom. The standard InChI is InChI=1S/C10H11N4O4S.Na.H2O/c1-10(6-13-3-2-11-12-13)7(5-15)14-8(16)4-9(14)19(10,17)18;;/h2-3,7,9H,4,6H2,1H3;;1H2/q-1;+1;/p-1/t7-,9+,10-;;/m0../s1. The van der Waals surface area contributed by atoms with Crippen molar-refractivity contribution in [3.05, 3.63) is 12.4 Å². The summed E-state index contributed by atoms with van der Waals surface area (Å²) in [5, 5.41) is 6.42. The molecule has 0 radical (unpaired) electrons. The molecule has 2 aliphatic heterocycles. The van der Waals surface area contributed by atoms with E-state index in [0.29, 0.717) is 0 Å². The number of carbonyl (C=O) groups is 1. The summed E-state index contributed by atoms with van der Waals surface area (Å²) in [4.78, 5) is 23.8. The third kappa shape index (κ3) is 2.25. The van der Waals surface area contributed by atoms with Gasteiger partial charge in [0.1, 0.15) is 5.37 Å². The molecule has 0 aromatic carbocycles. The van der Waals surface area contributed by atoms with Gasteiger partial charge < -0.3 is 15.2 Å².